The monoisotopic (exact) mass is 238 g/mol. The molecule has 0 saturated heterocycles. The topological polar surface area (TPSA) is 54.5 Å². The number of aromatic nitrogens is 4. The summed E-state index contributed by atoms with van der Waals surface area (Å²) in [6, 6.07) is 0. The minimum absolute atomic E-state index is 0.511. The highest BCUT2D eigenvalue weighted by Crippen LogP contribution is 2.25. The average molecular weight is 238 g/mol. The molecule has 0 spiro atoms. The maximum Gasteiger partial charge on any atom is 0.177 e. The number of H-pyrrole nitrogens is 1. The molecule has 0 amide bonds. The molecule has 0 radical (unpaired) electrons. The smallest absolute Gasteiger partial charge is 0.177 e. The second kappa shape index (κ2) is 9.14. The molecule has 0 aliphatic rings. The van der Waals surface area contributed by atoms with Crippen LogP contribution in [0.2, 0.25) is 0 Å². The largest absolute Gasteiger partial charge is 0.177 e. The summed E-state index contributed by atoms with van der Waals surface area (Å²) in [5.41, 5.74) is 0. The zero-order valence-corrected chi connectivity index (χ0v) is 11.3. The van der Waals surface area contributed by atoms with Crippen LogP contribution >= 0.6 is 0 Å². The van der Waals surface area contributed by atoms with Crippen molar-refractivity contribution in [1.29, 1.82) is 0 Å². The standard InChI is InChI=1S/C13H26N4/c1-3-5-7-9-11-12(10-8-6-4-2)13-14-16-17-15-13/h12H,3-11H2,1-2H3,(H,14,15,16,17). The molecule has 1 aromatic heterocycles. The van der Waals surface area contributed by atoms with Crippen molar-refractivity contribution in [2.75, 3.05) is 0 Å². The van der Waals surface area contributed by atoms with Gasteiger partial charge in [-0.2, -0.15) is 5.21 Å². The van der Waals surface area contributed by atoms with E-state index in [1.807, 2.05) is 0 Å². The van der Waals surface area contributed by atoms with E-state index in [9.17, 15) is 0 Å². The van der Waals surface area contributed by atoms with E-state index in [4.69, 9.17) is 0 Å². The number of aromatic amines is 1. The number of nitrogens with zero attached hydrogens (tertiary/aromatic N) is 3. The molecule has 0 aromatic carbocycles. The molecule has 4 nitrogen and oxygen atoms in total. The molecule has 1 heterocycles. The zero-order chi connectivity index (χ0) is 12.3. The van der Waals surface area contributed by atoms with Gasteiger partial charge < -0.3 is 0 Å². The van der Waals surface area contributed by atoms with Gasteiger partial charge >= 0.3 is 0 Å². The highest BCUT2D eigenvalue weighted by molar-refractivity contribution is 4.90. The van der Waals surface area contributed by atoms with Crippen molar-refractivity contribution in [3.63, 3.8) is 0 Å². The number of tetrazole rings is 1. The molecule has 0 bridgehead atoms. The molecule has 98 valence electrons. The lowest BCUT2D eigenvalue weighted by Crippen LogP contribution is -2.02. The second-order valence-corrected chi connectivity index (χ2v) is 4.81. The Morgan fingerprint density at radius 2 is 1.59 bits per heavy atom. The molecular weight excluding hydrogens is 212 g/mol. The Hall–Kier alpha value is -0.930. The Bertz CT molecular complexity index is 258. The quantitative estimate of drug-likeness (QED) is 0.630. The Morgan fingerprint density at radius 1 is 0.941 bits per heavy atom. The maximum absolute atomic E-state index is 4.15. The Kier molecular flexibility index (Phi) is 7.60. The van der Waals surface area contributed by atoms with Crippen molar-refractivity contribution in [1.82, 2.24) is 20.6 Å². The Balaban J connectivity index is 2.31. The summed E-state index contributed by atoms with van der Waals surface area (Å²) >= 11 is 0. The van der Waals surface area contributed by atoms with E-state index in [1.54, 1.807) is 0 Å². The van der Waals surface area contributed by atoms with E-state index in [1.165, 1.54) is 57.8 Å². The van der Waals surface area contributed by atoms with Gasteiger partial charge in [-0.3, -0.25) is 0 Å². The lowest BCUT2D eigenvalue weighted by atomic mass is 9.94. The van der Waals surface area contributed by atoms with Gasteiger partial charge in [0.15, 0.2) is 5.82 Å². The first-order valence-corrected chi connectivity index (χ1v) is 7.11. The van der Waals surface area contributed by atoms with Crippen LogP contribution in [0.1, 0.15) is 83.4 Å². The van der Waals surface area contributed by atoms with E-state index in [0.717, 1.165) is 5.82 Å². The molecular formula is C13H26N4. The molecule has 4 heteroatoms. The molecule has 1 unspecified atom stereocenters. The van der Waals surface area contributed by atoms with E-state index in [2.05, 4.69) is 34.5 Å². The summed E-state index contributed by atoms with van der Waals surface area (Å²) in [4.78, 5) is 0. The highest BCUT2D eigenvalue weighted by Gasteiger charge is 2.15. The van der Waals surface area contributed by atoms with Crippen LogP contribution < -0.4 is 0 Å². The second-order valence-electron chi connectivity index (χ2n) is 4.81. The third kappa shape index (κ3) is 5.80. The third-order valence-corrected chi connectivity index (χ3v) is 3.29. The fourth-order valence-electron chi connectivity index (χ4n) is 2.20. The summed E-state index contributed by atoms with van der Waals surface area (Å²) < 4.78 is 0. The number of unbranched alkanes of at least 4 members (excludes halogenated alkanes) is 5. The van der Waals surface area contributed by atoms with Gasteiger partial charge in [0.1, 0.15) is 0 Å². The SMILES string of the molecule is CCCCCCC(CCCCC)c1nn[nH]n1. The zero-order valence-electron chi connectivity index (χ0n) is 11.3. The van der Waals surface area contributed by atoms with Gasteiger partial charge in [-0.05, 0) is 12.8 Å². The van der Waals surface area contributed by atoms with Gasteiger partial charge in [0, 0.05) is 5.92 Å². The molecule has 0 saturated carbocycles. The van der Waals surface area contributed by atoms with Gasteiger partial charge in [0.2, 0.25) is 0 Å². The van der Waals surface area contributed by atoms with Crippen LogP contribution in [-0.4, -0.2) is 20.6 Å². The minimum Gasteiger partial charge on any atom is -0.177 e. The van der Waals surface area contributed by atoms with Crippen molar-refractivity contribution in [3.8, 4) is 0 Å². The van der Waals surface area contributed by atoms with Gasteiger partial charge in [0.05, 0.1) is 0 Å². The van der Waals surface area contributed by atoms with Crippen LogP contribution in [-0.2, 0) is 0 Å². The normalized spacial score (nSPS) is 12.8. The number of hydrogen-bond donors (Lipinski definition) is 1. The van der Waals surface area contributed by atoms with Crippen LogP contribution in [0, 0.1) is 0 Å². The van der Waals surface area contributed by atoms with Crippen LogP contribution in [0.5, 0.6) is 0 Å². The maximum atomic E-state index is 4.15. The van der Waals surface area contributed by atoms with Gasteiger partial charge in [-0.15, -0.1) is 10.2 Å². The first-order chi connectivity index (χ1) is 8.38. The molecule has 1 aromatic rings. The lowest BCUT2D eigenvalue weighted by Gasteiger charge is -2.12. The summed E-state index contributed by atoms with van der Waals surface area (Å²) in [7, 11) is 0. The third-order valence-electron chi connectivity index (χ3n) is 3.29. The molecule has 17 heavy (non-hydrogen) atoms. The predicted octanol–water partition coefficient (Wildman–Crippen LogP) is 3.83. The van der Waals surface area contributed by atoms with E-state index in [0.29, 0.717) is 5.92 Å². The van der Waals surface area contributed by atoms with Crippen LogP contribution in [0.3, 0.4) is 0 Å². The lowest BCUT2D eigenvalue weighted by molar-refractivity contribution is 0.484. The molecule has 1 rings (SSSR count). The average Bonchev–Trinajstić information content (AvgIpc) is 2.86. The van der Waals surface area contributed by atoms with E-state index >= 15 is 0 Å². The van der Waals surface area contributed by atoms with Crippen LogP contribution in [0.25, 0.3) is 0 Å². The van der Waals surface area contributed by atoms with Crippen LogP contribution in [0.4, 0.5) is 0 Å². The Labute approximate surface area is 105 Å². The highest BCUT2D eigenvalue weighted by atomic mass is 15.5. The first kappa shape index (κ1) is 14.1. The van der Waals surface area contributed by atoms with E-state index < -0.39 is 0 Å². The van der Waals surface area contributed by atoms with Gasteiger partial charge in [-0.25, -0.2) is 0 Å². The van der Waals surface area contributed by atoms with Crippen molar-refractivity contribution in [2.24, 2.45) is 0 Å². The van der Waals surface area contributed by atoms with Gasteiger partial charge in [-0.1, -0.05) is 64.0 Å². The molecule has 0 fully saturated rings. The number of hydrogen-bond acceptors (Lipinski definition) is 3. The number of nitrogens with one attached hydrogen (secondary N) is 1. The summed E-state index contributed by atoms with van der Waals surface area (Å²) in [5, 5.41) is 14.5. The van der Waals surface area contributed by atoms with Crippen LogP contribution in [0.15, 0.2) is 0 Å². The molecule has 1 N–H and O–H groups in total. The molecule has 1 atom stereocenters. The van der Waals surface area contributed by atoms with Crippen molar-refractivity contribution < 1.29 is 0 Å². The summed E-state index contributed by atoms with van der Waals surface area (Å²) in [5.74, 6) is 1.43. The van der Waals surface area contributed by atoms with Crippen molar-refractivity contribution >= 4 is 0 Å². The fraction of sp³-hybridized carbons (Fsp3) is 0.923. The van der Waals surface area contributed by atoms with E-state index in [-0.39, 0.29) is 0 Å². The summed E-state index contributed by atoms with van der Waals surface area (Å²) in [6.45, 7) is 4.49. The van der Waals surface area contributed by atoms with Crippen molar-refractivity contribution in [2.45, 2.75) is 77.6 Å². The molecule has 0 aliphatic carbocycles. The molecule has 0 aliphatic heterocycles. The van der Waals surface area contributed by atoms with Gasteiger partial charge in [0.25, 0.3) is 0 Å². The minimum atomic E-state index is 0.511. The van der Waals surface area contributed by atoms with Crippen molar-refractivity contribution in [3.05, 3.63) is 5.82 Å². The Morgan fingerprint density at radius 3 is 2.18 bits per heavy atom. The predicted molar refractivity (Wildman–Crippen MR) is 69.8 cm³/mol. The summed E-state index contributed by atoms with van der Waals surface area (Å²) in [6.07, 6.45) is 11.5. The first-order valence-electron chi connectivity index (χ1n) is 7.11. The fourth-order valence-corrected chi connectivity index (χ4v) is 2.20. The number of rotatable bonds is 10.